The van der Waals surface area contributed by atoms with E-state index in [9.17, 15) is 10.1 Å². The summed E-state index contributed by atoms with van der Waals surface area (Å²) in [4.78, 5) is 17.0. The summed E-state index contributed by atoms with van der Waals surface area (Å²) in [6.45, 7) is 6.21. The number of para-hydroxylation sites is 6. The fourth-order valence-corrected chi connectivity index (χ4v) is 16.4. The molecule has 0 saturated heterocycles. The van der Waals surface area contributed by atoms with Gasteiger partial charge in [0.1, 0.15) is 5.69 Å². The van der Waals surface area contributed by atoms with Crippen LogP contribution in [0, 0.1) is 30.9 Å². The van der Waals surface area contributed by atoms with Gasteiger partial charge in [0.2, 0.25) is 0 Å². The highest BCUT2D eigenvalue weighted by Crippen LogP contribution is 2.37. The summed E-state index contributed by atoms with van der Waals surface area (Å²) in [5, 5.41) is 36.1. The van der Waals surface area contributed by atoms with E-state index in [1.807, 2.05) is 137 Å². The topological polar surface area (TPSA) is 117 Å². The predicted molar refractivity (Wildman–Crippen MR) is 425 cm³/mol. The number of hydrogen-bond acceptors (Lipinski definition) is 15. The Hall–Kier alpha value is -6.65. The molecule has 12 aromatic rings. The third-order valence-electron chi connectivity index (χ3n) is 13.9. The van der Waals surface area contributed by atoms with Crippen molar-refractivity contribution in [3.05, 3.63) is 319 Å². The zero-order valence-electron chi connectivity index (χ0n) is 49.5. The lowest BCUT2D eigenvalue weighted by Gasteiger charge is -2.12. The molecule has 0 spiro atoms. The number of aryl methyl sites for hydroxylation is 3. The highest BCUT2D eigenvalue weighted by atomic mass is 35.5. The van der Waals surface area contributed by atoms with Crippen LogP contribution >= 0.6 is 175 Å². The molecule has 8 aromatic carbocycles. The molecule has 4 heterocycles. The first-order valence-electron chi connectivity index (χ1n) is 28.0. The van der Waals surface area contributed by atoms with Crippen molar-refractivity contribution in [3.63, 3.8) is 0 Å². The molecule has 0 atom stereocenters. The van der Waals surface area contributed by atoms with E-state index in [0.29, 0.717) is 72.4 Å². The highest BCUT2D eigenvalue weighted by Gasteiger charge is 2.19. The third kappa shape index (κ3) is 18.5. The molecule has 0 aliphatic carbocycles. The molecule has 474 valence electrons. The number of thiocarbonyl (C=S) groups is 4. The molecule has 0 saturated carbocycles. The summed E-state index contributed by atoms with van der Waals surface area (Å²) >= 11 is 72.4. The molecule has 0 amide bonds. The zero-order chi connectivity index (χ0) is 67.2. The van der Waals surface area contributed by atoms with Gasteiger partial charge in [-0.1, -0.05) is 191 Å². The van der Waals surface area contributed by atoms with Crippen molar-refractivity contribution in [3.8, 4) is 0 Å². The number of thiophene rings is 4. The highest BCUT2D eigenvalue weighted by molar-refractivity contribution is 7.82. The summed E-state index contributed by atoms with van der Waals surface area (Å²) in [6, 6.07) is 60.4. The van der Waals surface area contributed by atoms with Gasteiger partial charge in [-0.25, -0.2) is 0 Å². The number of nitrogens with one attached hydrogen (secondary N) is 4. The number of nitro benzene ring substituents is 1. The van der Waals surface area contributed by atoms with Gasteiger partial charge in [0.25, 0.3) is 5.69 Å². The number of nitrogen functional groups attached to an aromatic ring is 1. The fourth-order valence-electron chi connectivity index (χ4n) is 8.97. The Morgan fingerprint density at radius 1 is 0.362 bits per heavy atom. The van der Waals surface area contributed by atoms with Crippen LogP contribution in [-0.4, -0.2) is 24.4 Å². The fraction of sp³-hybridized carbons (Fsp3) is 0.0423. The van der Waals surface area contributed by atoms with Crippen molar-refractivity contribution >= 4 is 252 Å². The number of nitrogens with two attached hydrogens (primary N) is 1. The van der Waals surface area contributed by atoms with E-state index in [0.717, 1.165) is 75.2 Å². The van der Waals surface area contributed by atoms with Gasteiger partial charge in [0.05, 0.1) is 85.5 Å². The van der Waals surface area contributed by atoms with Crippen LogP contribution in [0.1, 0.15) is 58.5 Å². The largest absolute Gasteiger partial charge is 0.397 e. The first-order chi connectivity index (χ1) is 45.1. The van der Waals surface area contributed by atoms with Crippen molar-refractivity contribution in [1.29, 1.82) is 0 Å². The summed E-state index contributed by atoms with van der Waals surface area (Å²) < 4.78 is 0. The lowest BCUT2D eigenvalue weighted by Crippen LogP contribution is -2.01. The smallest absolute Gasteiger partial charge is 0.292 e. The standard InChI is InChI=1S/C19H16ClNS2.C18H13Cl2NS2.C17H10Cl2N2O2S2.C17H12Cl2N2S2/c1-12-5-3-4-6-17(12)21-14-7-8-15(16(20)11-14)18(22)19-13(2)9-10-23-19;1-11-4-2-3-5-16(11)21-12-6-7-13(15(20)10-12)17(22)18-14(19)8-9-23-18;18-12-7-8-25-17(12)16(24)11-6-5-10(9-13(11)19)20-14-3-1-2-4-15(14)21(22)23;18-12-7-8-23-17(12)16(22)11-6-5-10(9-13(11)19)21-15-4-2-1-3-14(15)20/h3-11,21H,1-2H3;2-10,21H,1H3;1-9,20H;1-9,21H,20H2. The molecular formula is C71H51Cl7N6O2S8. The SMILES string of the molecule is Cc1ccccc1Nc1ccc(C(=S)c2sccc2C)c(Cl)c1.Cc1ccccc1Nc1ccc(C(=S)c2sccc2Cl)c(Cl)c1.Nc1ccccc1Nc1ccc(C(=S)c2sccc2Cl)c(Cl)c1.O=[N+]([O-])c1ccccc1Nc1ccc(C(=S)c2sccc2Cl)c(Cl)c1. The lowest BCUT2D eigenvalue weighted by atomic mass is 10.1. The van der Waals surface area contributed by atoms with E-state index in [1.165, 1.54) is 56.8 Å². The van der Waals surface area contributed by atoms with E-state index in [2.05, 4.69) is 71.7 Å². The summed E-state index contributed by atoms with van der Waals surface area (Å²) in [6.07, 6.45) is 0. The molecule has 8 nitrogen and oxygen atoms in total. The Balaban J connectivity index is 0.000000148. The average molecular weight is 1520 g/mol. The molecule has 0 fully saturated rings. The number of nitro groups is 1. The van der Waals surface area contributed by atoms with Crippen LogP contribution in [0.2, 0.25) is 35.2 Å². The minimum Gasteiger partial charge on any atom is -0.397 e. The molecule has 12 rings (SSSR count). The normalized spacial score (nSPS) is 10.5. The molecule has 0 unspecified atom stereocenters. The zero-order valence-corrected chi connectivity index (χ0v) is 61.4. The third-order valence-corrected chi connectivity index (χ3v) is 22.4. The number of benzene rings is 8. The lowest BCUT2D eigenvalue weighted by molar-refractivity contribution is -0.383. The molecule has 0 radical (unpaired) electrons. The number of anilines is 9. The van der Waals surface area contributed by atoms with Gasteiger partial charge < -0.3 is 27.0 Å². The summed E-state index contributed by atoms with van der Waals surface area (Å²) in [5.41, 5.74) is 20.1. The summed E-state index contributed by atoms with van der Waals surface area (Å²) in [5.74, 6) is 0. The monoisotopic (exact) mass is 1520 g/mol. The maximum absolute atomic E-state index is 11.1. The molecular weight excluding hydrogens is 1470 g/mol. The second kappa shape index (κ2) is 33.8. The van der Waals surface area contributed by atoms with Crippen molar-refractivity contribution in [1.82, 2.24) is 0 Å². The van der Waals surface area contributed by atoms with Crippen LogP contribution < -0.4 is 27.0 Å². The number of nitrogens with zero attached hydrogens (tertiary/aromatic N) is 1. The van der Waals surface area contributed by atoms with Gasteiger partial charge in [-0.15, -0.1) is 45.3 Å². The van der Waals surface area contributed by atoms with E-state index in [4.69, 9.17) is 136 Å². The van der Waals surface area contributed by atoms with Crippen LogP contribution in [-0.2, 0) is 0 Å². The van der Waals surface area contributed by atoms with Crippen LogP contribution in [0.15, 0.2) is 216 Å². The second-order valence-electron chi connectivity index (χ2n) is 20.3. The molecule has 0 aliphatic heterocycles. The van der Waals surface area contributed by atoms with Crippen molar-refractivity contribution in [2.75, 3.05) is 27.0 Å². The van der Waals surface area contributed by atoms with Gasteiger partial charge >= 0.3 is 0 Å². The first-order valence-corrected chi connectivity index (χ1v) is 35.8. The molecule has 94 heavy (non-hydrogen) atoms. The van der Waals surface area contributed by atoms with E-state index < -0.39 is 4.92 Å². The van der Waals surface area contributed by atoms with E-state index in [1.54, 1.807) is 53.8 Å². The molecule has 4 aromatic heterocycles. The molecule has 6 N–H and O–H groups in total. The van der Waals surface area contributed by atoms with Crippen LogP contribution in [0.4, 0.5) is 56.9 Å². The maximum atomic E-state index is 11.1. The quantitative estimate of drug-likeness (QED) is 0.0197. The van der Waals surface area contributed by atoms with E-state index >= 15 is 0 Å². The van der Waals surface area contributed by atoms with Gasteiger partial charge in [-0.3, -0.25) is 10.1 Å². The molecule has 23 heteroatoms. The van der Waals surface area contributed by atoms with Crippen molar-refractivity contribution in [2.45, 2.75) is 20.8 Å². The van der Waals surface area contributed by atoms with Gasteiger partial charge in [-0.2, -0.15) is 0 Å². The minimum absolute atomic E-state index is 0.0106. The number of halogens is 7. The van der Waals surface area contributed by atoms with Crippen molar-refractivity contribution < 1.29 is 4.92 Å². The van der Waals surface area contributed by atoms with Gasteiger partial charge in [-0.05, 0) is 186 Å². The summed E-state index contributed by atoms with van der Waals surface area (Å²) in [7, 11) is 0. The van der Waals surface area contributed by atoms with E-state index in [-0.39, 0.29) is 5.69 Å². The van der Waals surface area contributed by atoms with Crippen LogP contribution in [0.5, 0.6) is 0 Å². The number of hydrogen-bond donors (Lipinski definition) is 5. The van der Waals surface area contributed by atoms with Crippen LogP contribution in [0.3, 0.4) is 0 Å². The second-order valence-corrected chi connectivity index (χ2v) is 28.5. The number of rotatable bonds is 17. The van der Waals surface area contributed by atoms with Crippen LogP contribution in [0.25, 0.3) is 0 Å². The Bertz CT molecular complexity index is 4430. The van der Waals surface area contributed by atoms with Gasteiger partial charge in [0, 0.05) is 67.3 Å². The molecule has 0 aliphatic rings. The first kappa shape index (κ1) is 71.6. The maximum Gasteiger partial charge on any atom is 0.292 e. The Morgan fingerprint density at radius 3 is 0.979 bits per heavy atom. The Labute approximate surface area is 617 Å². The van der Waals surface area contributed by atoms with Gasteiger partial charge in [0.15, 0.2) is 0 Å². The van der Waals surface area contributed by atoms with Crippen molar-refractivity contribution in [2.24, 2.45) is 0 Å². The molecule has 0 bridgehead atoms. The average Bonchev–Trinajstić information content (AvgIpc) is 1.45. The Kier molecular flexibility index (Phi) is 25.8. The minimum atomic E-state index is -0.438. The predicted octanol–water partition coefficient (Wildman–Crippen LogP) is 26.0. The Morgan fingerprint density at radius 2 is 0.660 bits per heavy atom.